The number of thioether (sulfide) groups is 1. The smallest absolute Gasteiger partial charge is 0.228 e. The summed E-state index contributed by atoms with van der Waals surface area (Å²) in [6.07, 6.45) is 2.30. The molecule has 2 aliphatic rings. The molecule has 0 saturated carbocycles. The van der Waals surface area contributed by atoms with Crippen molar-refractivity contribution in [2.45, 2.75) is 18.2 Å². The number of hydrogen-bond donors (Lipinski definition) is 0. The highest BCUT2D eigenvalue weighted by Gasteiger charge is 2.38. The highest BCUT2D eigenvalue weighted by molar-refractivity contribution is 7.98. The van der Waals surface area contributed by atoms with Gasteiger partial charge in [-0.15, -0.1) is 11.8 Å². The van der Waals surface area contributed by atoms with Crippen LogP contribution in [0.25, 0.3) is 0 Å². The van der Waals surface area contributed by atoms with Crippen LogP contribution in [0.4, 0.5) is 11.4 Å². The van der Waals surface area contributed by atoms with Crippen molar-refractivity contribution in [3.8, 4) is 5.75 Å². The number of rotatable bonds is 6. The Morgan fingerprint density at radius 1 is 1.10 bits per heavy atom. The Morgan fingerprint density at radius 3 is 2.61 bits per heavy atom. The Balaban J connectivity index is 1.37. The Morgan fingerprint density at radius 2 is 1.87 bits per heavy atom. The molecule has 7 heteroatoms. The lowest BCUT2D eigenvalue weighted by Crippen LogP contribution is -2.50. The van der Waals surface area contributed by atoms with E-state index in [0.717, 1.165) is 35.1 Å². The number of hydrogen-bond acceptors (Lipinski definition) is 5. The van der Waals surface area contributed by atoms with Gasteiger partial charge in [-0.05, 0) is 43.5 Å². The van der Waals surface area contributed by atoms with Gasteiger partial charge in [0.1, 0.15) is 5.75 Å². The van der Waals surface area contributed by atoms with Crippen LogP contribution in [0.1, 0.15) is 13.3 Å². The van der Waals surface area contributed by atoms with E-state index in [1.165, 1.54) is 0 Å². The lowest BCUT2D eigenvalue weighted by molar-refractivity contribution is -0.136. The summed E-state index contributed by atoms with van der Waals surface area (Å²) in [6, 6.07) is 16.0. The Kier molecular flexibility index (Phi) is 6.70. The number of nitrogens with zero attached hydrogens (tertiary/aromatic N) is 3. The molecule has 0 radical (unpaired) electrons. The van der Waals surface area contributed by atoms with Crippen molar-refractivity contribution in [1.82, 2.24) is 4.90 Å². The molecule has 1 atom stereocenters. The van der Waals surface area contributed by atoms with E-state index in [0.29, 0.717) is 26.2 Å². The first-order valence-electron chi connectivity index (χ1n) is 10.8. The van der Waals surface area contributed by atoms with Gasteiger partial charge in [0.05, 0.1) is 18.2 Å². The molecular formula is C24H29N3O3S. The molecule has 2 heterocycles. The van der Waals surface area contributed by atoms with Crippen molar-refractivity contribution in [2.75, 3.05) is 55.4 Å². The third kappa shape index (κ3) is 4.66. The summed E-state index contributed by atoms with van der Waals surface area (Å²) in [7, 11) is 0. The zero-order valence-corrected chi connectivity index (χ0v) is 18.9. The minimum Gasteiger partial charge on any atom is -0.492 e. The second-order valence-electron chi connectivity index (χ2n) is 7.82. The van der Waals surface area contributed by atoms with Crippen LogP contribution >= 0.6 is 11.8 Å². The van der Waals surface area contributed by atoms with Gasteiger partial charge in [0.15, 0.2) is 0 Å². The third-order valence-corrected chi connectivity index (χ3v) is 6.66. The van der Waals surface area contributed by atoms with Crippen LogP contribution in [0.2, 0.25) is 0 Å². The van der Waals surface area contributed by atoms with Crippen LogP contribution in [-0.2, 0) is 9.59 Å². The predicted molar refractivity (Wildman–Crippen MR) is 125 cm³/mol. The summed E-state index contributed by atoms with van der Waals surface area (Å²) in [4.78, 5) is 32.9. The second-order valence-corrected chi connectivity index (χ2v) is 8.70. The molecule has 6 nitrogen and oxygen atoms in total. The van der Waals surface area contributed by atoms with Crippen LogP contribution in [0.5, 0.6) is 5.75 Å². The van der Waals surface area contributed by atoms with Crippen molar-refractivity contribution in [3.05, 3.63) is 48.5 Å². The van der Waals surface area contributed by atoms with Crippen LogP contribution in [0.15, 0.2) is 53.4 Å². The highest BCUT2D eigenvalue weighted by atomic mass is 32.2. The van der Waals surface area contributed by atoms with E-state index in [-0.39, 0.29) is 24.2 Å². The SMILES string of the molecule is CCOc1ccccc1N1CCN(C(=O)C2CC(=O)N(c3cccc(SC)c3)C2)CC1. The third-order valence-electron chi connectivity index (χ3n) is 5.94. The van der Waals surface area contributed by atoms with Gasteiger partial charge in [-0.3, -0.25) is 9.59 Å². The zero-order chi connectivity index (χ0) is 21.8. The molecule has 31 heavy (non-hydrogen) atoms. The van der Waals surface area contributed by atoms with E-state index in [1.807, 2.05) is 60.5 Å². The molecule has 4 rings (SSSR count). The molecule has 2 aliphatic heterocycles. The topological polar surface area (TPSA) is 53.1 Å². The average Bonchev–Trinajstić information content (AvgIpc) is 3.21. The maximum atomic E-state index is 13.2. The number of amides is 2. The highest BCUT2D eigenvalue weighted by Crippen LogP contribution is 2.31. The van der Waals surface area contributed by atoms with Gasteiger partial charge in [0, 0.05) is 49.7 Å². The second kappa shape index (κ2) is 9.64. The molecule has 1 unspecified atom stereocenters. The van der Waals surface area contributed by atoms with Crippen LogP contribution in [-0.4, -0.2) is 62.3 Å². The van der Waals surface area contributed by atoms with Gasteiger partial charge in [0.2, 0.25) is 11.8 Å². The molecule has 2 amide bonds. The number of benzene rings is 2. The lowest BCUT2D eigenvalue weighted by atomic mass is 10.1. The Labute approximate surface area is 188 Å². The number of carbonyl (C=O) groups is 2. The molecule has 0 aliphatic carbocycles. The van der Waals surface area contributed by atoms with Crippen molar-refractivity contribution < 1.29 is 14.3 Å². The number of piperazine rings is 1. The van der Waals surface area contributed by atoms with Gasteiger partial charge in [-0.1, -0.05) is 18.2 Å². The molecule has 0 aromatic heterocycles. The summed E-state index contributed by atoms with van der Waals surface area (Å²) in [5, 5.41) is 0. The van der Waals surface area contributed by atoms with E-state index in [4.69, 9.17) is 4.74 Å². The number of para-hydroxylation sites is 2. The quantitative estimate of drug-likeness (QED) is 0.645. The van der Waals surface area contributed by atoms with Gasteiger partial charge in [-0.25, -0.2) is 0 Å². The molecule has 0 spiro atoms. The standard InChI is InChI=1S/C24H29N3O3S/c1-3-30-22-10-5-4-9-21(22)25-11-13-26(14-12-25)24(29)18-15-23(28)27(17-18)19-7-6-8-20(16-19)31-2/h4-10,16,18H,3,11-15,17H2,1-2H3. The summed E-state index contributed by atoms with van der Waals surface area (Å²) in [5.41, 5.74) is 1.96. The fourth-order valence-electron chi connectivity index (χ4n) is 4.32. The molecule has 0 N–H and O–H groups in total. The van der Waals surface area contributed by atoms with Gasteiger partial charge >= 0.3 is 0 Å². The minimum atomic E-state index is -0.271. The minimum absolute atomic E-state index is 0.0286. The average molecular weight is 440 g/mol. The first-order chi connectivity index (χ1) is 15.1. The Hall–Kier alpha value is -2.67. The van der Waals surface area contributed by atoms with Gasteiger partial charge in [-0.2, -0.15) is 0 Å². The molecule has 0 bridgehead atoms. The molecular weight excluding hydrogens is 410 g/mol. The predicted octanol–water partition coefficient (Wildman–Crippen LogP) is 3.51. The van der Waals surface area contributed by atoms with Crippen molar-refractivity contribution in [1.29, 1.82) is 0 Å². The maximum Gasteiger partial charge on any atom is 0.228 e. The van der Waals surface area contributed by atoms with Crippen LogP contribution in [0, 0.1) is 5.92 Å². The largest absolute Gasteiger partial charge is 0.492 e. The number of ether oxygens (including phenoxy) is 1. The van der Waals surface area contributed by atoms with Crippen LogP contribution < -0.4 is 14.5 Å². The Bertz CT molecular complexity index is 943. The summed E-state index contributed by atoms with van der Waals surface area (Å²) in [6.45, 7) is 5.91. The number of anilines is 2. The molecule has 2 fully saturated rings. The zero-order valence-electron chi connectivity index (χ0n) is 18.1. The van der Waals surface area contributed by atoms with Crippen molar-refractivity contribution in [3.63, 3.8) is 0 Å². The molecule has 2 aromatic rings. The van der Waals surface area contributed by atoms with Crippen LogP contribution in [0.3, 0.4) is 0 Å². The van der Waals surface area contributed by atoms with E-state index in [1.54, 1.807) is 16.7 Å². The lowest BCUT2D eigenvalue weighted by Gasteiger charge is -2.37. The summed E-state index contributed by atoms with van der Waals surface area (Å²) in [5.74, 6) is 0.734. The fourth-order valence-corrected chi connectivity index (χ4v) is 4.78. The molecule has 2 aromatic carbocycles. The molecule has 164 valence electrons. The van der Waals surface area contributed by atoms with Gasteiger partial charge in [0.25, 0.3) is 0 Å². The van der Waals surface area contributed by atoms with Gasteiger partial charge < -0.3 is 19.4 Å². The summed E-state index contributed by atoms with van der Waals surface area (Å²) < 4.78 is 5.76. The van der Waals surface area contributed by atoms with E-state index in [2.05, 4.69) is 11.0 Å². The van der Waals surface area contributed by atoms with E-state index < -0.39 is 0 Å². The first-order valence-corrected chi connectivity index (χ1v) is 12.0. The van der Waals surface area contributed by atoms with Crippen molar-refractivity contribution >= 4 is 35.0 Å². The maximum absolute atomic E-state index is 13.2. The van der Waals surface area contributed by atoms with E-state index in [9.17, 15) is 9.59 Å². The first kappa shape index (κ1) is 21.6. The fraction of sp³-hybridized carbons (Fsp3) is 0.417. The molecule has 2 saturated heterocycles. The summed E-state index contributed by atoms with van der Waals surface area (Å²) >= 11 is 1.65. The normalized spacial score (nSPS) is 19.1. The number of carbonyl (C=O) groups excluding carboxylic acids is 2. The van der Waals surface area contributed by atoms with Crippen molar-refractivity contribution in [2.24, 2.45) is 5.92 Å². The monoisotopic (exact) mass is 439 g/mol. The van der Waals surface area contributed by atoms with E-state index >= 15 is 0 Å².